The second-order valence-electron chi connectivity index (χ2n) is 7.47. The molecule has 1 heterocycles. The third kappa shape index (κ3) is 5.63. The number of rotatable bonds is 7. The Balaban J connectivity index is 1.63. The molecule has 0 unspecified atom stereocenters. The molecule has 0 saturated carbocycles. The van der Waals surface area contributed by atoms with E-state index in [9.17, 15) is 13.2 Å². The van der Waals surface area contributed by atoms with Gasteiger partial charge < -0.3 is 10.2 Å². The minimum Gasteiger partial charge on any atom is -0.325 e. The van der Waals surface area contributed by atoms with Crippen molar-refractivity contribution < 1.29 is 13.2 Å². The van der Waals surface area contributed by atoms with E-state index in [2.05, 4.69) is 23.2 Å². The lowest BCUT2D eigenvalue weighted by Crippen LogP contribution is -2.48. The molecular formula is C22H29N3O3S2. The summed E-state index contributed by atoms with van der Waals surface area (Å²) in [6.45, 7) is 9.50. The molecule has 3 rings (SSSR count). The quantitative estimate of drug-likeness (QED) is 0.659. The van der Waals surface area contributed by atoms with Crippen molar-refractivity contribution in [3.8, 4) is 0 Å². The molecular weight excluding hydrogens is 418 g/mol. The number of carbonyl (C=O) groups excluding carboxylic acids is 1. The molecule has 1 N–H and O–H groups in total. The molecule has 0 aromatic heterocycles. The topological polar surface area (TPSA) is 69.7 Å². The average molecular weight is 448 g/mol. The van der Waals surface area contributed by atoms with E-state index in [1.807, 2.05) is 26.0 Å². The number of sulfonamides is 1. The maximum Gasteiger partial charge on any atom is 0.243 e. The predicted octanol–water partition coefficient (Wildman–Crippen LogP) is 3.36. The van der Waals surface area contributed by atoms with Crippen LogP contribution in [0.2, 0.25) is 0 Å². The summed E-state index contributed by atoms with van der Waals surface area (Å²) in [4.78, 5) is 15.9. The Morgan fingerprint density at radius 1 is 1.07 bits per heavy atom. The first-order valence-electron chi connectivity index (χ1n) is 10.1. The third-order valence-electron chi connectivity index (χ3n) is 5.24. The number of nitrogens with one attached hydrogen (secondary N) is 1. The lowest BCUT2D eigenvalue weighted by Gasteiger charge is -2.33. The second kappa shape index (κ2) is 9.96. The summed E-state index contributed by atoms with van der Waals surface area (Å²) in [5.41, 5.74) is 2.78. The molecule has 1 aliphatic rings. The second-order valence-corrected chi connectivity index (χ2v) is 10.4. The van der Waals surface area contributed by atoms with Crippen molar-refractivity contribution in [3.63, 3.8) is 0 Å². The zero-order valence-corrected chi connectivity index (χ0v) is 19.4. The number of aryl methyl sites for hydroxylation is 2. The zero-order valence-electron chi connectivity index (χ0n) is 17.7. The van der Waals surface area contributed by atoms with Gasteiger partial charge >= 0.3 is 0 Å². The van der Waals surface area contributed by atoms with Crippen molar-refractivity contribution in [3.05, 3.63) is 53.6 Å². The van der Waals surface area contributed by atoms with Gasteiger partial charge in [-0.15, -0.1) is 11.8 Å². The number of carbonyl (C=O) groups is 1. The van der Waals surface area contributed by atoms with E-state index in [4.69, 9.17) is 0 Å². The molecule has 2 aromatic carbocycles. The number of piperazine rings is 1. The first-order valence-corrected chi connectivity index (χ1v) is 12.5. The van der Waals surface area contributed by atoms with E-state index in [0.29, 0.717) is 18.8 Å². The van der Waals surface area contributed by atoms with Crippen LogP contribution in [-0.2, 0) is 14.8 Å². The average Bonchev–Trinajstić information content (AvgIpc) is 2.74. The molecule has 6 nitrogen and oxygen atoms in total. The number of nitrogens with zero attached hydrogens (tertiary/aromatic N) is 2. The van der Waals surface area contributed by atoms with E-state index in [0.717, 1.165) is 35.7 Å². The van der Waals surface area contributed by atoms with Gasteiger partial charge in [0.05, 0.1) is 10.6 Å². The molecule has 0 radical (unpaired) electrons. The number of likely N-dealkylation sites (N-methyl/N-ethyl adjacent to an activating group) is 1. The molecule has 30 heavy (non-hydrogen) atoms. The first kappa shape index (κ1) is 22.8. The molecule has 0 atom stereocenters. The van der Waals surface area contributed by atoms with E-state index in [1.54, 1.807) is 24.3 Å². The SMILES string of the molecule is CCN1CCN(S(=O)(=O)c2cccc(NC(=O)CSc3cc(C)ccc3C)c2)CC1. The maximum atomic E-state index is 13.0. The van der Waals surface area contributed by atoms with Crippen molar-refractivity contribution in [1.82, 2.24) is 9.21 Å². The van der Waals surface area contributed by atoms with Gasteiger partial charge in [0.2, 0.25) is 15.9 Å². The number of hydrogen-bond acceptors (Lipinski definition) is 5. The van der Waals surface area contributed by atoms with Gasteiger partial charge in [-0.25, -0.2) is 8.42 Å². The number of benzene rings is 2. The van der Waals surface area contributed by atoms with Gasteiger partial charge in [0.25, 0.3) is 0 Å². The Bertz CT molecular complexity index is 1000. The molecule has 162 valence electrons. The van der Waals surface area contributed by atoms with Crippen LogP contribution in [0.1, 0.15) is 18.1 Å². The van der Waals surface area contributed by atoms with Crippen LogP contribution < -0.4 is 5.32 Å². The van der Waals surface area contributed by atoms with Crippen LogP contribution in [0.15, 0.2) is 52.3 Å². The molecule has 0 spiro atoms. The number of amides is 1. The summed E-state index contributed by atoms with van der Waals surface area (Å²) in [5, 5.41) is 2.83. The van der Waals surface area contributed by atoms with Gasteiger partial charge in [0.1, 0.15) is 0 Å². The number of hydrogen-bond donors (Lipinski definition) is 1. The van der Waals surface area contributed by atoms with Gasteiger partial charge in [0, 0.05) is 36.8 Å². The van der Waals surface area contributed by atoms with Crippen molar-refractivity contribution >= 4 is 33.4 Å². The van der Waals surface area contributed by atoms with E-state index in [1.165, 1.54) is 16.1 Å². The molecule has 2 aromatic rings. The van der Waals surface area contributed by atoms with E-state index in [-0.39, 0.29) is 16.6 Å². The summed E-state index contributed by atoms with van der Waals surface area (Å²) in [5.74, 6) is 0.104. The fourth-order valence-corrected chi connectivity index (χ4v) is 5.76. The van der Waals surface area contributed by atoms with Gasteiger partial charge in [-0.05, 0) is 50.2 Å². The summed E-state index contributed by atoms with van der Waals surface area (Å²) in [7, 11) is -3.57. The smallest absolute Gasteiger partial charge is 0.243 e. The summed E-state index contributed by atoms with van der Waals surface area (Å²) >= 11 is 1.48. The summed E-state index contributed by atoms with van der Waals surface area (Å²) in [6, 6.07) is 12.7. The van der Waals surface area contributed by atoms with Crippen LogP contribution in [-0.4, -0.2) is 62.0 Å². The van der Waals surface area contributed by atoms with Gasteiger partial charge in [-0.2, -0.15) is 4.31 Å². The molecule has 1 aliphatic heterocycles. The highest BCUT2D eigenvalue weighted by molar-refractivity contribution is 8.00. The molecule has 0 aliphatic carbocycles. The van der Waals surface area contributed by atoms with E-state index < -0.39 is 10.0 Å². The Morgan fingerprint density at radius 3 is 2.50 bits per heavy atom. The fraction of sp³-hybridized carbons (Fsp3) is 0.409. The molecule has 1 amide bonds. The standard InChI is InChI=1S/C22H29N3O3S2/c1-4-24-10-12-25(13-11-24)30(27,28)20-7-5-6-19(15-20)23-22(26)16-29-21-14-17(2)8-9-18(21)3/h5-9,14-15H,4,10-13,16H2,1-3H3,(H,23,26). The lowest BCUT2D eigenvalue weighted by molar-refractivity contribution is -0.113. The first-order chi connectivity index (χ1) is 14.3. The molecule has 1 saturated heterocycles. The third-order valence-corrected chi connectivity index (χ3v) is 8.29. The van der Waals surface area contributed by atoms with Crippen LogP contribution in [0.3, 0.4) is 0 Å². The maximum absolute atomic E-state index is 13.0. The molecule has 1 fully saturated rings. The lowest BCUT2D eigenvalue weighted by atomic mass is 10.2. The van der Waals surface area contributed by atoms with E-state index >= 15 is 0 Å². The monoisotopic (exact) mass is 447 g/mol. The van der Waals surface area contributed by atoms with Gasteiger partial charge in [-0.3, -0.25) is 4.79 Å². The van der Waals surface area contributed by atoms with Crippen molar-refractivity contribution in [2.24, 2.45) is 0 Å². The fourth-order valence-electron chi connectivity index (χ4n) is 3.37. The van der Waals surface area contributed by atoms with Crippen molar-refractivity contribution in [1.29, 1.82) is 0 Å². The van der Waals surface area contributed by atoms with Gasteiger partial charge in [0.15, 0.2) is 0 Å². The largest absolute Gasteiger partial charge is 0.325 e. The highest BCUT2D eigenvalue weighted by atomic mass is 32.2. The predicted molar refractivity (Wildman–Crippen MR) is 123 cm³/mol. The highest BCUT2D eigenvalue weighted by Gasteiger charge is 2.28. The van der Waals surface area contributed by atoms with Crippen LogP contribution >= 0.6 is 11.8 Å². The zero-order chi connectivity index (χ0) is 21.7. The molecule has 0 bridgehead atoms. The molecule has 8 heteroatoms. The van der Waals surface area contributed by atoms with Crippen LogP contribution in [0, 0.1) is 13.8 Å². The number of thioether (sulfide) groups is 1. The van der Waals surface area contributed by atoms with Crippen molar-refractivity contribution in [2.75, 3.05) is 43.8 Å². The normalized spacial score (nSPS) is 15.8. The Morgan fingerprint density at radius 2 is 1.80 bits per heavy atom. The van der Waals surface area contributed by atoms with Crippen LogP contribution in [0.5, 0.6) is 0 Å². The highest BCUT2D eigenvalue weighted by Crippen LogP contribution is 2.24. The van der Waals surface area contributed by atoms with Crippen molar-refractivity contribution in [2.45, 2.75) is 30.6 Å². The van der Waals surface area contributed by atoms with Crippen LogP contribution in [0.4, 0.5) is 5.69 Å². The minimum atomic E-state index is -3.57. The minimum absolute atomic E-state index is 0.160. The summed E-state index contributed by atoms with van der Waals surface area (Å²) in [6.07, 6.45) is 0. The van der Waals surface area contributed by atoms with Gasteiger partial charge in [-0.1, -0.05) is 30.7 Å². The summed E-state index contributed by atoms with van der Waals surface area (Å²) < 4.78 is 27.5. The Hall–Kier alpha value is -1.87. The Labute approximate surface area is 183 Å². The van der Waals surface area contributed by atoms with Crippen LogP contribution in [0.25, 0.3) is 0 Å². The number of anilines is 1. The Kier molecular flexibility index (Phi) is 7.57.